The Labute approximate surface area is 141 Å². The standard InChI is InChI=1S/C18H24N4O2/c1-18(13-23,15-8-9-15)21-17(24)20-16(12-22-11-5-10-19-22)14-6-3-2-4-7-14/h2-7,10-11,15-16,23H,8-9,12-13H2,1H3,(H2,20,21,24)/t16-,18-/m1/s1. The molecule has 1 aromatic carbocycles. The van der Waals surface area contributed by atoms with Gasteiger partial charge in [-0.05, 0) is 37.3 Å². The zero-order valence-corrected chi connectivity index (χ0v) is 13.9. The van der Waals surface area contributed by atoms with Gasteiger partial charge < -0.3 is 15.7 Å². The number of carbonyl (C=O) groups excluding carboxylic acids is 1. The van der Waals surface area contributed by atoms with Gasteiger partial charge in [-0.15, -0.1) is 0 Å². The minimum Gasteiger partial charge on any atom is -0.394 e. The lowest BCUT2D eigenvalue weighted by Gasteiger charge is -2.30. The van der Waals surface area contributed by atoms with Crippen molar-refractivity contribution in [2.75, 3.05) is 6.61 Å². The summed E-state index contributed by atoms with van der Waals surface area (Å²) < 4.78 is 1.80. The Balaban J connectivity index is 1.70. The molecule has 1 fully saturated rings. The van der Waals surface area contributed by atoms with Gasteiger partial charge in [-0.1, -0.05) is 30.3 Å². The third kappa shape index (κ3) is 3.94. The molecule has 6 heteroatoms. The molecule has 3 N–H and O–H groups in total. The smallest absolute Gasteiger partial charge is 0.315 e. The van der Waals surface area contributed by atoms with Gasteiger partial charge in [-0.25, -0.2) is 4.79 Å². The molecule has 3 rings (SSSR count). The quantitative estimate of drug-likeness (QED) is 0.728. The maximum atomic E-state index is 12.5. The zero-order valence-electron chi connectivity index (χ0n) is 13.9. The SMILES string of the molecule is C[C@](CO)(NC(=O)N[C@H](Cn1cccn1)c1ccccc1)C1CC1. The van der Waals surface area contributed by atoms with Gasteiger partial charge in [0.15, 0.2) is 0 Å². The number of aliphatic hydroxyl groups excluding tert-OH is 1. The van der Waals surface area contributed by atoms with Crippen LogP contribution in [-0.4, -0.2) is 33.1 Å². The Morgan fingerprint density at radius 3 is 2.71 bits per heavy atom. The van der Waals surface area contributed by atoms with E-state index in [-0.39, 0.29) is 18.7 Å². The van der Waals surface area contributed by atoms with E-state index in [0.29, 0.717) is 12.5 Å². The van der Waals surface area contributed by atoms with Gasteiger partial charge in [-0.3, -0.25) is 4.68 Å². The fraction of sp³-hybridized carbons (Fsp3) is 0.444. The summed E-state index contributed by atoms with van der Waals surface area (Å²) in [5.74, 6) is 0.356. The fourth-order valence-corrected chi connectivity index (χ4v) is 2.96. The minimum absolute atomic E-state index is 0.0553. The summed E-state index contributed by atoms with van der Waals surface area (Å²) >= 11 is 0. The lowest BCUT2D eigenvalue weighted by Crippen LogP contribution is -2.54. The predicted octanol–water partition coefficient (Wildman–Crippen LogP) is 2.08. The molecular formula is C18H24N4O2. The molecule has 24 heavy (non-hydrogen) atoms. The first-order valence-corrected chi connectivity index (χ1v) is 8.32. The number of amides is 2. The van der Waals surface area contributed by atoms with E-state index in [9.17, 15) is 9.90 Å². The van der Waals surface area contributed by atoms with Crippen LogP contribution in [0.25, 0.3) is 0 Å². The van der Waals surface area contributed by atoms with Gasteiger partial charge in [0.25, 0.3) is 0 Å². The number of carbonyl (C=O) groups is 1. The molecule has 1 aliphatic carbocycles. The lowest BCUT2D eigenvalue weighted by atomic mass is 9.97. The zero-order chi connectivity index (χ0) is 17.0. The van der Waals surface area contributed by atoms with Crippen LogP contribution in [0, 0.1) is 5.92 Å². The maximum absolute atomic E-state index is 12.5. The molecule has 0 aliphatic heterocycles. The van der Waals surface area contributed by atoms with Crippen LogP contribution in [0.1, 0.15) is 31.4 Å². The second kappa shape index (κ2) is 7.05. The predicted molar refractivity (Wildman–Crippen MR) is 91.3 cm³/mol. The number of nitrogens with one attached hydrogen (secondary N) is 2. The number of hydrogen-bond acceptors (Lipinski definition) is 3. The topological polar surface area (TPSA) is 79.2 Å². The van der Waals surface area contributed by atoms with Gasteiger partial charge in [0, 0.05) is 12.4 Å². The molecule has 2 amide bonds. The Morgan fingerprint density at radius 1 is 1.38 bits per heavy atom. The van der Waals surface area contributed by atoms with Crippen LogP contribution in [0.3, 0.4) is 0 Å². The van der Waals surface area contributed by atoms with E-state index in [4.69, 9.17) is 0 Å². The number of hydrogen-bond donors (Lipinski definition) is 3. The molecule has 1 saturated carbocycles. The molecule has 1 heterocycles. The van der Waals surface area contributed by atoms with Crippen molar-refractivity contribution in [3.8, 4) is 0 Å². The Morgan fingerprint density at radius 2 is 2.12 bits per heavy atom. The summed E-state index contributed by atoms with van der Waals surface area (Å²) in [7, 11) is 0. The van der Waals surface area contributed by atoms with E-state index in [1.807, 2.05) is 49.5 Å². The van der Waals surface area contributed by atoms with Crippen LogP contribution in [0.2, 0.25) is 0 Å². The van der Waals surface area contributed by atoms with Gasteiger partial charge in [0.2, 0.25) is 0 Å². The van der Waals surface area contributed by atoms with Gasteiger partial charge in [0.05, 0.1) is 24.7 Å². The molecular weight excluding hydrogens is 304 g/mol. The van der Waals surface area contributed by atoms with Crippen LogP contribution in [0.4, 0.5) is 4.79 Å². The first-order valence-electron chi connectivity index (χ1n) is 8.32. The summed E-state index contributed by atoms with van der Waals surface area (Å²) in [6.45, 7) is 2.39. The third-order valence-corrected chi connectivity index (χ3v) is 4.64. The van der Waals surface area contributed by atoms with Crippen LogP contribution in [0.5, 0.6) is 0 Å². The average Bonchev–Trinajstić information content (AvgIpc) is 3.34. The first kappa shape index (κ1) is 16.5. The van der Waals surface area contributed by atoms with E-state index < -0.39 is 5.54 Å². The maximum Gasteiger partial charge on any atom is 0.315 e. The molecule has 6 nitrogen and oxygen atoms in total. The number of rotatable bonds is 7. The van der Waals surface area contributed by atoms with Crippen molar-refractivity contribution >= 4 is 6.03 Å². The van der Waals surface area contributed by atoms with Crippen molar-refractivity contribution in [1.82, 2.24) is 20.4 Å². The highest BCUT2D eigenvalue weighted by molar-refractivity contribution is 5.75. The summed E-state index contributed by atoms with van der Waals surface area (Å²) in [6.07, 6.45) is 5.69. The van der Waals surface area contributed by atoms with Crippen LogP contribution in [0.15, 0.2) is 48.8 Å². The molecule has 0 saturated heterocycles. The third-order valence-electron chi connectivity index (χ3n) is 4.64. The van der Waals surface area contributed by atoms with Gasteiger partial charge in [0.1, 0.15) is 0 Å². The second-order valence-electron chi connectivity index (χ2n) is 6.64. The van der Waals surface area contributed by atoms with Crippen molar-refractivity contribution in [1.29, 1.82) is 0 Å². The number of urea groups is 1. The number of nitrogens with zero attached hydrogens (tertiary/aromatic N) is 2. The molecule has 0 unspecified atom stereocenters. The largest absolute Gasteiger partial charge is 0.394 e. The molecule has 1 aromatic heterocycles. The molecule has 0 spiro atoms. The van der Waals surface area contributed by atoms with Gasteiger partial charge in [-0.2, -0.15) is 5.10 Å². The summed E-state index contributed by atoms with van der Waals surface area (Å²) in [5.41, 5.74) is 0.456. The average molecular weight is 328 g/mol. The number of benzene rings is 1. The van der Waals surface area contributed by atoms with E-state index in [2.05, 4.69) is 15.7 Å². The monoisotopic (exact) mass is 328 g/mol. The summed E-state index contributed by atoms with van der Waals surface area (Å²) in [4.78, 5) is 12.5. The highest BCUT2D eigenvalue weighted by Gasteiger charge is 2.42. The molecule has 2 aromatic rings. The molecule has 1 aliphatic rings. The van der Waals surface area contributed by atoms with Crippen LogP contribution < -0.4 is 10.6 Å². The van der Waals surface area contributed by atoms with Crippen molar-refractivity contribution < 1.29 is 9.90 Å². The summed E-state index contributed by atoms with van der Waals surface area (Å²) in [6, 6.07) is 11.2. The van der Waals surface area contributed by atoms with Gasteiger partial charge >= 0.3 is 6.03 Å². The Kier molecular flexibility index (Phi) is 4.85. The fourth-order valence-electron chi connectivity index (χ4n) is 2.96. The molecule has 0 bridgehead atoms. The van der Waals surface area contributed by atoms with Crippen LogP contribution in [-0.2, 0) is 6.54 Å². The number of aromatic nitrogens is 2. The minimum atomic E-state index is -0.559. The Hall–Kier alpha value is -2.34. The Bertz CT molecular complexity index is 655. The normalized spacial score (nSPS) is 17.8. The highest BCUT2D eigenvalue weighted by atomic mass is 16.3. The molecule has 2 atom stereocenters. The van der Waals surface area contributed by atoms with E-state index in [1.54, 1.807) is 10.9 Å². The number of aliphatic hydroxyl groups is 1. The van der Waals surface area contributed by atoms with E-state index >= 15 is 0 Å². The molecule has 128 valence electrons. The first-order chi connectivity index (χ1) is 11.6. The summed E-state index contributed by atoms with van der Waals surface area (Å²) in [5, 5.41) is 19.8. The van der Waals surface area contributed by atoms with Crippen LogP contribution >= 0.6 is 0 Å². The lowest BCUT2D eigenvalue weighted by molar-refractivity contribution is 0.153. The van der Waals surface area contributed by atoms with E-state index in [1.165, 1.54) is 0 Å². The highest BCUT2D eigenvalue weighted by Crippen LogP contribution is 2.39. The van der Waals surface area contributed by atoms with Crippen molar-refractivity contribution in [3.05, 3.63) is 54.4 Å². The van der Waals surface area contributed by atoms with Crippen molar-refractivity contribution in [3.63, 3.8) is 0 Å². The van der Waals surface area contributed by atoms with Crippen molar-refractivity contribution in [2.45, 2.75) is 37.9 Å². The second-order valence-corrected chi connectivity index (χ2v) is 6.64. The molecule has 0 radical (unpaired) electrons. The van der Waals surface area contributed by atoms with E-state index in [0.717, 1.165) is 18.4 Å². The van der Waals surface area contributed by atoms with Crippen molar-refractivity contribution in [2.24, 2.45) is 5.92 Å².